The summed E-state index contributed by atoms with van der Waals surface area (Å²) >= 11 is 0. The van der Waals surface area contributed by atoms with Crippen LogP contribution in [0.25, 0.3) is 0 Å². The van der Waals surface area contributed by atoms with Gasteiger partial charge in [-0.15, -0.1) is 0 Å². The van der Waals surface area contributed by atoms with Crippen LogP contribution in [0.15, 0.2) is 18.3 Å². The van der Waals surface area contributed by atoms with Crippen molar-refractivity contribution in [3.63, 3.8) is 0 Å². The fraction of sp³-hybridized carbons (Fsp3) is 0.400. The average molecular weight is 209 g/mol. The second-order valence-electron chi connectivity index (χ2n) is 2.94. The summed E-state index contributed by atoms with van der Waals surface area (Å²) in [5.74, 6) is 0.307. The van der Waals surface area contributed by atoms with E-state index in [-0.39, 0.29) is 12.5 Å². The highest BCUT2D eigenvalue weighted by Crippen LogP contribution is 2.03. The third-order valence-electron chi connectivity index (χ3n) is 1.77. The number of amides is 1. The molecule has 0 radical (unpaired) electrons. The number of rotatable bonds is 5. The van der Waals surface area contributed by atoms with E-state index in [9.17, 15) is 4.79 Å². The molecule has 1 amide bonds. The highest BCUT2D eigenvalue weighted by atomic mass is 16.5. The Morgan fingerprint density at radius 2 is 2.40 bits per heavy atom. The lowest BCUT2D eigenvalue weighted by Gasteiger charge is -2.04. The number of nitrogens with two attached hydrogens (primary N) is 1. The second kappa shape index (κ2) is 6.10. The minimum atomic E-state index is -0.204. The maximum atomic E-state index is 11.2. The number of pyridine rings is 1. The Bertz CT molecular complexity index is 311. The summed E-state index contributed by atoms with van der Waals surface area (Å²) in [4.78, 5) is 15.3. The summed E-state index contributed by atoms with van der Waals surface area (Å²) in [7, 11) is 0. The first-order chi connectivity index (χ1) is 7.26. The Kier molecular flexibility index (Phi) is 4.73. The summed E-state index contributed by atoms with van der Waals surface area (Å²) in [5.41, 5.74) is 6.35. The van der Waals surface area contributed by atoms with Crippen LogP contribution in [-0.4, -0.2) is 24.1 Å². The monoisotopic (exact) mass is 209 g/mol. The molecule has 1 aromatic rings. The van der Waals surface area contributed by atoms with Gasteiger partial charge in [0.05, 0.1) is 0 Å². The fourth-order valence-electron chi connectivity index (χ4n) is 0.993. The zero-order valence-corrected chi connectivity index (χ0v) is 8.69. The van der Waals surface area contributed by atoms with Crippen molar-refractivity contribution in [2.45, 2.75) is 13.5 Å². The Morgan fingerprint density at radius 1 is 1.60 bits per heavy atom. The Morgan fingerprint density at radius 3 is 2.93 bits per heavy atom. The lowest BCUT2D eigenvalue weighted by Crippen LogP contribution is -2.18. The molecule has 0 aliphatic heterocycles. The smallest absolute Gasteiger partial charge is 0.251 e. The molecule has 0 aliphatic carbocycles. The van der Waals surface area contributed by atoms with Crippen LogP contribution in [0, 0.1) is 0 Å². The van der Waals surface area contributed by atoms with Gasteiger partial charge >= 0.3 is 0 Å². The fourth-order valence-corrected chi connectivity index (χ4v) is 0.993. The largest absolute Gasteiger partial charge is 0.372 e. The molecule has 15 heavy (non-hydrogen) atoms. The van der Waals surface area contributed by atoms with Gasteiger partial charge in [0.15, 0.2) is 0 Å². The van der Waals surface area contributed by atoms with Crippen molar-refractivity contribution >= 4 is 11.7 Å². The zero-order chi connectivity index (χ0) is 11.1. The molecule has 0 saturated heterocycles. The highest BCUT2D eigenvalue weighted by molar-refractivity contribution is 5.90. The van der Waals surface area contributed by atoms with Crippen molar-refractivity contribution in [2.75, 3.05) is 18.5 Å². The van der Waals surface area contributed by atoms with Crippen molar-refractivity contribution in [3.8, 4) is 0 Å². The van der Waals surface area contributed by atoms with E-state index in [0.717, 1.165) is 5.56 Å². The van der Waals surface area contributed by atoms with Crippen molar-refractivity contribution in [3.05, 3.63) is 23.9 Å². The first-order valence-electron chi connectivity index (χ1n) is 4.79. The number of carbonyl (C=O) groups excluding carboxylic acids is 1. The Balaban J connectivity index is 2.46. The molecule has 0 bridgehead atoms. The van der Waals surface area contributed by atoms with E-state index < -0.39 is 0 Å². The topological polar surface area (TPSA) is 77.2 Å². The van der Waals surface area contributed by atoms with Gasteiger partial charge in [-0.05, 0) is 18.6 Å². The van der Waals surface area contributed by atoms with Crippen LogP contribution >= 0.6 is 0 Å². The van der Waals surface area contributed by atoms with Gasteiger partial charge in [0, 0.05) is 19.3 Å². The zero-order valence-electron chi connectivity index (χ0n) is 8.69. The van der Waals surface area contributed by atoms with Gasteiger partial charge in [0.25, 0.3) is 5.91 Å². The van der Waals surface area contributed by atoms with E-state index in [0.29, 0.717) is 19.0 Å². The molecule has 1 rings (SSSR count). The number of hydrogen-bond donors (Lipinski definition) is 2. The van der Waals surface area contributed by atoms with Crippen molar-refractivity contribution in [1.82, 2.24) is 4.98 Å². The van der Waals surface area contributed by atoms with Crippen LogP contribution in [0.5, 0.6) is 0 Å². The van der Waals surface area contributed by atoms with Crippen LogP contribution in [0.2, 0.25) is 0 Å². The van der Waals surface area contributed by atoms with Crippen LogP contribution in [-0.2, 0) is 16.1 Å². The van der Waals surface area contributed by atoms with Crippen LogP contribution < -0.4 is 11.1 Å². The van der Waals surface area contributed by atoms with E-state index in [2.05, 4.69) is 10.3 Å². The number of ether oxygens (including phenoxy) is 1. The first-order valence-corrected chi connectivity index (χ1v) is 4.79. The standard InChI is InChI=1S/C10H15N3O2/c1-2-15-7-10(14)13-9-4-3-8(5-11)6-12-9/h3-4,6H,2,5,7,11H2,1H3,(H,12,13,14). The van der Waals surface area contributed by atoms with E-state index in [1.165, 1.54) is 0 Å². The molecule has 5 nitrogen and oxygen atoms in total. The van der Waals surface area contributed by atoms with Crippen LogP contribution in [0.3, 0.4) is 0 Å². The molecule has 0 fully saturated rings. The predicted molar refractivity (Wildman–Crippen MR) is 57.3 cm³/mol. The summed E-state index contributed by atoms with van der Waals surface area (Å²) in [5, 5.41) is 2.61. The summed E-state index contributed by atoms with van der Waals surface area (Å²) in [6.07, 6.45) is 1.64. The van der Waals surface area contributed by atoms with E-state index in [1.807, 2.05) is 13.0 Å². The summed E-state index contributed by atoms with van der Waals surface area (Å²) < 4.78 is 4.95. The quantitative estimate of drug-likeness (QED) is 0.741. The normalized spacial score (nSPS) is 10.0. The molecule has 5 heteroatoms. The van der Waals surface area contributed by atoms with Gasteiger partial charge in [-0.1, -0.05) is 6.07 Å². The molecule has 0 spiro atoms. The van der Waals surface area contributed by atoms with Crippen molar-refractivity contribution in [2.24, 2.45) is 5.73 Å². The molecule has 82 valence electrons. The van der Waals surface area contributed by atoms with Crippen molar-refractivity contribution in [1.29, 1.82) is 0 Å². The lowest BCUT2D eigenvalue weighted by atomic mass is 10.3. The number of anilines is 1. The molecule has 3 N–H and O–H groups in total. The predicted octanol–water partition coefficient (Wildman–Crippen LogP) is 0.515. The highest BCUT2D eigenvalue weighted by Gasteiger charge is 2.02. The van der Waals surface area contributed by atoms with E-state index in [4.69, 9.17) is 10.5 Å². The third kappa shape index (κ3) is 4.05. The minimum absolute atomic E-state index is 0.0524. The van der Waals surface area contributed by atoms with Crippen LogP contribution in [0.1, 0.15) is 12.5 Å². The third-order valence-corrected chi connectivity index (χ3v) is 1.77. The van der Waals surface area contributed by atoms with Crippen LogP contribution in [0.4, 0.5) is 5.82 Å². The number of nitrogens with one attached hydrogen (secondary N) is 1. The van der Waals surface area contributed by atoms with E-state index in [1.54, 1.807) is 12.3 Å². The van der Waals surface area contributed by atoms with Gasteiger partial charge in [-0.25, -0.2) is 4.98 Å². The molecule has 1 heterocycles. The number of carbonyl (C=O) groups is 1. The number of hydrogen-bond acceptors (Lipinski definition) is 4. The summed E-state index contributed by atoms with van der Waals surface area (Å²) in [6, 6.07) is 3.54. The molecule has 0 saturated carbocycles. The second-order valence-corrected chi connectivity index (χ2v) is 2.94. The molecule has 1 aromatic heterocycles. The maximum absolute atomic E-state index is 11.2. The first kappa shape index (κ1) is 11.6. The maximum Gasteiger partial charge on any atom is 0.251 e. The molecule has 0 unspecified atom stereocenters. The summed E-state index contributed by atoms with van der Waals surface area (Å²) in [6.45, 7) is 2.85. The van der Waals surface area contributed by atoms with Gasteiger partial charge < -0.3 is 15.8 Å². The molecular weight excluding hydrogens is 194 g/mol. The lowest BCUT2D eigenvalue weighted by molar-refractivity contribution is -0.120. The van der Waals surface area contributed by atoms with E-state index >= 15 is 0 Å². The number of aromatic nitrogens is 1. The van der Waals surface area contributed by atoms with Gasteiger partial charge in [-0.2, -0.15) is 0 Å². The molecule has 0 atom stereocenters. The number of nitrogens with zero attached hydrogens (tertiary/aromatic N) is 1. The molecule has 0 aliphatic rings. The van der Waals surface area contributed by atoms with Gasteiger partial charge in [0.1, 0.15) is 12.4 Å². The van der Waals surface area contributed by atoms with Gasteiger partial charge in [0.2, 0.25) is 0 Å². The minimum Gasteiger partial charge on any atom is -0.372 e. The average Bonchev–Trinajstić information content (AvgIpc) is 2.27. The van der Waals surface area contributed by atoms with Gasteiger partial charge in [-0.3, -0.25) is 4.79 Å². The molecule has 0 aromatic carbocycles. The SMILES string of the molecule is CCOCC(=O)Nc1ccc(CN)cn1. The Hall–Kier alpha value is -1.46. The van der Waals surface area contributed by atoms with Crippen molar-refractivity contribution < 1.29 is 9.53 Å². The Labute approximate surface area is 88.6 Å². The molecular formula is C10H15N3O2.